The number of aliphatic carboxylic acids is 1. The molecule has 0 radical (unpaired) electrons. The molecule has 0 aliphatic heterocycles. The highest BCUT2D eigenvalue weighted by Crippen LogP contribution is 2.48. The number of rotatable bonds is 10. The van der Waals surface area contributed by atoms with Gasteiger partial charge in [0.2, 0.25) is 0 Å². The number of carboxylic acids is 1. The van der Waals surface area contributed by atoms with Crippen molar-refractivity contribution >= 4 is 5.97 Å². The number of fused-ring (bicyclic) bond motifs is 1. The molecular formula is C19H29NO5. The van der Waals surface area contributed by atoms with Gasteiger partial charge in [-0.15, -0.1) is 0 Å². The van der Waals surface area contributed by atoms with Crippen molar-refractivity contribution in [2.24, 2.45) is 11.8 Å². The number of aliphatic hydroxyl groups is 2. The smallest absolute Gasteiger partial charge is 0.332 e. The van der Waals surface area contributed by atoms with E-state index in [4.69, 9.17) is 9.94 Å². The van der Waals surface area contributed by atoms with E-state index in [0.717, 1.165) is 24.1 Å². The standard InChI is InChI=1S/C19H29NO5/c1-2-3-4-5-6-7-13(21)8-9-14-15-10-17(16(15)11-18(14)22)20-25-12-19(23)24/h13-15,18,20-22H,2-7,10-12H2,1H3,(H,23,24). The Balaban J connectivity index is 1.77. The van der Waals surface area contributed by atoms with Crippen LogP contribution in [0.1, 0.15) is 58.3 Å². The fourth-order valence-electron chi connectivity index (χ4n) is 3.50. The van der Waals surface area contributed by atoms with Crippen LogP contribution in [0.4, 0.5) is 0 Å². The molecule has 0 heterocycles. The van der Waals surface area contributed by atoms with Crippen molar-refractivity contribution in [3.63, 3.8) is 0 Å². The van der Waals surface area contributed by atoms with Gasteiger partial charge in [-0.1, -0.05) is 44.4 Å². The van der Waals surface area contributed by atoms with Crippen molar-refractivity contribution in [3.8, 4) is 11.8 Å². The minimum Gasteiger partial charge on any atom is -0.479 e. The number of hydroxylamine groups is 1. The Labute approximate surface area is 149 Å². The molecule has 140 valence electrons. The number of nitrogens with one attached hydrogen (secondary N) is 1. The molecule has 0 amide bonds. The quantitative estimate of drug-likeness (QED) is 0.273. The van der Waals surface area contributed by atoms with Crippen molar-refractivity contribution in [2.45, 2.75) is 70.5 Å². The first kappa shape index (κ1) is 19.8. The van der Waals surface area contributed by atoms with E-state index in [-0.39, 0.29) is 11.8 Å². The zero-order valence-electron chi connectivity index (χ0n) is 14.8. The zero-order chi connectivity index (χ0) is 18.2. The second-order valence-corrected chi connectivity index (χ2v) is 6.90. The van der Waals surface area contributed by atoms with Gasteiger partial charge >= 0.3 is 5.97 Å². The number of aliphatic hydroxyl groups excluding tert-OH is 2. The van der Waals surface area contributed by atoms with Gasteiger partial charge in [-0.3, -0.25) is 10.3 Å². The van der Waals surface area contributed by atoms with Gasteiger partial charge in [0.25, 0.3) is 0 Å². The molecule has 4 atom stereocenters. The molecule has 4 unspecified atom stereocenters. The van der Waals surface area contributed by atoms with Crippen LogP contribution in [0.2, 0.25) is 0 Å². The normalized spacial score (nSPS) is 25.6. The number of hydrogen-bond acceptors (Lipinski definition) is 5. The van der Waals surface area contributed by atoms with Gasteiger partial charge < -0.3 is 15.3 Å². The summed E-state index contributed by atoms with van der Waals surface area (Å²) in [5, 5.41) is 28.7. The van der Waals surface area contributed by atoms with E-state index in [1.165, 1.54) is 19.3 Å². The van der Waals surface area contributed by atoms with Crippen LogP contribution in [0, 0.1) is 23.7 Å². The Kier molecular flexibility index (Phi) is 7.76. The molecule has 0 saturated heterocycles. The largest absolute Gasteiger partial charge is 0.479 e. The summed E-state index contributed by atoms with van der Waals surface area (Å²) in [6, 6.07) is 0. The molecule has 0 spiro atoms. The van der Waals surface area contributed by atoms with Gasteiger partial charge in [0.05, 0.1) is 12.0 Å². The summed E-state index contributed by atoms with van der Waals surface area (Å²) >= 11 is 0. The van der Waals surface area contributed by atoms with E-state index in [1.807, 2.05) is 0 Å². The Bertz CT molecular complexity index is 548. The molecule has 2 aliphatic carbocycles. The summed E-state index contributed by atoms with van der Waals surface area (Å²) < 4.78 is 0. The van der Waals surface area contributed by atoms with Crippen molar-refractivity contribution < 1.29 is 25.0 Å². The molecule has 25 heavy (non-hydrogen) atoms. The van der Waals surface area contributed by atoms with Crippen molar-refractivity contribution in [3.05, 3.63) is 11.3 Å². The van der Waals surface area contributed by atoms with Gasteiger partial charge in [-0.2, -0.15) is 0 Å². The SMILES string of the molecule is CCCCCCCC(O)C#CC1C(O)CC2=C(NOCC(=O)O)CC21. The van der Waals surface area contributed by atoms with Crippen LogP contribution in [-0.2, 0) is 9.63 Å². The van der Waals surface area contributed by atoms with Gasteiger partial charge in [0.1, 0.15) is 6.10 Å². The molecule has 0 aromatic heterocycles. The minimum absolute atomic E-state index is 0.158. The fraction of sp³-hybridized carbons (Fsp3) is 0.737. The average molecular weight is 351 g/mol. The van der Waals surface area contributed by atoms with E-state index in [1.54, 1.807) is 0 Å². The summed E-state index contributed by atoms with van der Waals surface area (Å²) in [5.41, 5.74) is 4.58. The van der Waals surface area contributed by atoms with E-state index in [0.29, 0.717) is 19.3 Å². The van der Waals surface area contributed by atoms with Crippen molar-refractivity contribution in [1.29, 1.82) is 0 Å². The summed E-state index contributed by atoms with van der Waals surface area (Å²) in [6.45, 7) is 1.77. The number of carbonyl (C=O) groups is 1. The second kappa shape index (κ2) is 9.81. The Morgan fingerprint density at radius 2 is 2.08 bits per heavy atom. The average Bonchev–Trinajstić information content (AvgIpc) is 2.80. The van der Waals surface area contributed by atoms with Crippen molar-refractivity contribution in [1.82, 2.24) is 5.48 Å². The number of hydrogen-bond donors (Lipinski definition) is 4. The van der Waals surface area contributed by atoms with Crippen LogP contribution in [-0.4, -0.2) is 40.1 Å². The van der Waals surface area contributed by atoms with Crippen LogP contribution >= 0.6 is 0 Å². The lowest BCUT2D eigenvalue weighted by Crippen LogP contribution is -2.30. The first-order chi connectivity index (χ1) is 12.0. The van der Waals surface area contributed by atoms with E-state index in [2.05, 4.69) is 24.2 Å². The van der Waals surface area contributed by atoms with Crippen LogP contribution < -0.4 is 5.48 Å². The molecular weight excluding hydrogens is 322 g/mol. The maximum atomic E-state index is 10.4. The van der Waals surface area contributed by atoms with Gasteiger partial charge in [-0.05, 0) is 31.3 Å². The fourth-order valence-corrected chi connectivity index (χ4v) is 3.50. The molecule has 1 saturated carbocycles. The van der Waals surface area contributed by atoms with Gasteiger partial charge in [0, 0.05) is 11.6 Å². The van der Waals surface area contributed by atoms with Crippen LogP contribution in [0.15, 0.2) is 11.3 Å². The highest BCUT2D eigenvalue weighted by Gasteiger charge is 2.45. The lowest BCUT2D eigenvalue weighted by molar-refractivity contribution is -0.144. The van der Waals surface area contributed by atoms with E-state index >= 15 is 0 Å². The molecule has 2 aliphatic rings. The predicted octanol–water partition coefficient (Wildman–Crippen LogP) is 1.97. The Morgan fingerprint density at radius 3 is 2.80 bits per heavy atom. The zero-order valence-corrected chi connectivity index (χ0v) is 14.8. The third-order valence-electron chi connectivity index (χ3n) is 4.93. The van der Waals surface area contributed by atoms with Crippen LogP contribution in [0.25, 0.3) is 0 Å². The first-order valence-corrected chi connectivity index (χ1v) is 9.21. The highest BCUT2D eigenvalue weighted by molar-refractivity contribution is 5.67. The lowest BCUT2D eigenvalue weighted by Gasteiger charge is -2.30. The molecule has 0 bridgehead atoms. The number of carboxylic acid groups (broad SMARTS) is 1. The maximum absolute atomic E-state index is 10.4. The first-order valence-electron chi connectivity index (χ1n) is 9.21. The highest BCUT2D eigenvalue weighted by atomic mass is 16.7. The predicted molar refractivity (Wildman–Crippen MR) is 93.1 cm³/mol. The molecule has 6 heteroatoms. The monoisotopic (exact) mass is 351 g/mol. The molecule has 2 rings (SSSR count). The van der Waals surface area contributed by atoms with Gasteiger partial charge in [-0.25, -0.2) is 4.79 Å². The van der Waals surface area contributed by atoms with E-state index in [9.17, 15) is 15.0 Å². The summed E-state index contributed by atoms with van der Waals surface area (Å²) in [7, 11) is 0. The van der Waals surface area contributed by atoms with Crippen LogP contribution in [0.3, 0.4) is 0 Å². The van der Waals surface area contributed by atoms with E-state index < -0.39 is 24.8 Å². The van der Waals surface area contributed by atoms with Crippen LogP contribution in [0.5, 0.6) is 0 Å². The summed E-state index contributed by atoms with van der Waals surface area (Å²) in [5.74, 6) is 4.94. The third-order valence-corrected chi connectivity index (χ3v) is 4.93. The summed E-state index contributed by atoms with van der Waals surface area (Å²) in [6.07, 6.45) is 6.48. The molecule has 4 N–H and O–H groups in total. The molecule has 6 nitrogen and oxygen atoms in total. The number of allylic oxidation sites excluding steroid dienone is 1. The molecule has 0 aromatic rings. The topological polar surface area (TPSA) is 99.0 Å². The minimum atomic E-state index is -1.03. The Hall–Kier alpha value is -1.55. The van der Waals surface area contributed by atoms with Gasteiger partial charge in [0.15, 0.2) is 6.61 Å². The lowest BCUT2D eigenvalue weighted by atomic mass is 9.79. The maximum Gasteiger partial charge on any atom is 0.332 e. The number of unbranched alkanes of at least 4 members (excludes halogenated alkanes) is 4. The molecule has 1 fully saturated rings. The van der Waals surface area contributed by atoms with Crippen molar-refractivity contribution in [2.75, 3.05) is 6.61 Å². The third kappa shape index (κ3) is 5.74. The summed E-state index contributed by atoms with van der Waals surface area (Å²) in [4.78, 5) is 15.3. The second-order valence-electron chi connectivity index (χ2n) is 6.90. The Morgan fingerprint density at radius 1 is 1.32 bits per heavy atom. The molecule has 0 aromatic carbocycles.